The van der Waals surface area contributed by atoms with Crippen LogP contribution in [0.1, 0.15) is 401 Å². The van der Waals surface area contributed by atoms with E-state index >= 15 is 0 Å². The average Bonchev–Trinajstić information content (AvgIpc) is 3.59. The molecular weight excluding hydrogens is 1250 g/mol. The number of unbranched alkanes of at least 4 members (excludes halogenated alkanes) is 48. The highest BCUT2D eigenvalue weighted by molar-refractivity contribution is 7.47. The highest BCUT2D eigenvalue weighted by Crippen LogP contribution is 2.45. The van der Waals surface area contributed by atoms with Crippen molar-refractivity contribution in [2.75, 3.05) is 39.6 Å². The number of hydrogen-bond donors (Lipinski definition) is 3. The number of ether oxygens (including phenoxy) is 4. The Labute approximate surface area is 581 Å². The van der Waals surface area contributed by atoms with Crippen molar-refractivity contribution in [1.82, 2.24) is 0 Å². The maximum atomic E-state index is 13.1. The number of phosphoric acid groups is 2. The van der Waals surface area contributed by atoms with Crippen molar-refractivity contribution in [3.8, 4) is 0 Å². The summed E-state index contributed by atoms with van der Waals surface area (Å²) in [6.07, 6.45) is 58.3. The molecule has 95 heavy (non-hydrogen) atoms. The maximum absolute atomic E-state index is 13.1. The number of hydrogen-bond acceptors (Lipinski definition) is 15. The van der Waals surface area contributed by atoms with Crippen LogP contribution in [0.2, 0.25) is 0 Å². The molecule has 0 amide bonds. The van der Waals surface area contributed by atoms with Crippen molar-refractivity contribution in [3.63, 3.8) is 0 Å². The zero-order valence-corrected chi connectivity index (χ0v) is 63.6. The normalized spacial score (nSPS) is 13.9. The van der Waals surface area contributed by atoms with Crippen LogP contribution in [0.4, 0.5) is 0 Å². The second-order valence-electron chi connectivity index (χ2n) is 27.9. The number of carbonyl (C=O) groups is 4. The quantitative estimate of drug-likeness (QED) is 0.0222. The number of aliphatic hydroxyl groups excluding tert-OH is 1. The summed E-state index contributed by atoms with van der Waals surface area (Å²) >= 11 is 0. The smallest absolute Gasteiger partial charge is 0.462 e. The molecule has 0 spiro atoms. The van der Waals surface area contributed by atoms with E-state index in [1.165, 1.54) is 218 Å². The molecular formula is C76H148O17P2. The molecule has 0 radical (unpaired) electrons. The lowest BCUT2D eigenvalue weighted by Gasteiger charge is -2.21. The van der Waals surface area contributed by atoms with E-state index in [2.05, 4.69) is 34.6 Å². The van der Waals surface area contributed by atoms with E-state index in [0.717, 1.165) is 102 Å². The lowest BCUT2D eigenvalue weighted by molar-refractivity contribution is -0.161. The van der Waals surface area contributed by atoms with Crippen molar-refractivity contribution in [1.29, 1.82) is 0 Å². The molecule has 3 N–H and O–H groups in total. The summed E-state index contributed by atoms with van der Waals surface area (Å²) in [4.78, 5) is 72.7. The standard InChI is InChI=1S/C76H148O17P2/c1-6-9-12-15-18-21-23-25-26-27-28-29-30-32-38-42-47-52-57-62-76(81)93-72(66-87-74(79)60-55-50-45-40-36-34-33-35-39-43-48-53-58-69(4)5)68-91-95(84,85)89-64-70(77)63-88-94(82,83)90-67-71(65-86-73(78)59-54-49-44-20-17-14-11-8-3)92-75(80)61-56-51-46-41-37-31-24-22-19-16-13-10-7-2/h69-72,77H,6-68H2,1-5H3,(H,82,83)(H,84,85)/t70-,71+,72+/m0/s1. The molecule has 0 aromatic heterocycles. The summed E-state index contributed by atoms with van der Waals surface area (Å²) in [5.74, 6) is -1.33. The zero-order chi connectivity index (χ0) is 69.8. The second-order valence-corrected chi connectivity index (χ2v) is 30.8. The van der Waals surface area contributed by atoms with Gasteiger partial charge in [0.25, 0.3) is 0 Å². The largest absolute Gasteiger partial charge is 0.472 e. The summed E-state index contributed by atoms with van der Waals surface area (Å²) in [6, 6.07) is 0. The fraction of sp³-hybridized carbons (Fsp3) is 0.947. The van der Waals surface area contributed by atoms with Gasteiger partial charge in [-0.15, -0.1) is 0 Å². The van der Waals surface area contributed by atoms with Gasteiger partial charge in [-0.2, -0.15) is 0 Å². The maximum Gasteiger partial charge on any atom is 0.472 e. The highest BCUT2D eigenvalue weighted by atomic mass is 31.2. The van der Waals surface area contributed by atoms with Crippen LogP contribution in [-0.4, -0.2) is 96.7 Å². The van der Waals surface area contributed by atoms with Gasteiger partial charge in [0.05, 0.1) is 26.4 Å². The van der Waals surface area contributed by atoms with Gasteiger partial charge in [-0.05, 0) is 31.6 Å². The van der Waals surface area contributed by atoms with Gasteiger partial charge in [0.15, 0.2) is 12.2 Å². The molecule has 0 aliphatic heterocycles. The Balaban J connectivity index is 5.20. The van der Waals surface area contributed by atoms with E-state index in [9.17, 15) is 43.2 Å². The third-order valence-corrected chi connectivity index (χ3v) is 19.7. The average molecular weight is 1400 g/mol. The lowest BCUT2D eigenvalue weighted by Crippen LogP contribution is -2.30. The Hall–Kier alpha value is -1.94. The monoisotopic (exact) mass is 1400 g/mol. The molecule has 5 atom stereocenters. The van der Waals surface area contributed by atoms with Crippen LogP contribution in [0.25, 0.3) is 0 Å². The van der Waals surface area contributed by atoms with Gasteiger partial charge >= 0.3 is 39.5 Å². The van der Waals surface area contributed by atoms with Crippen LogP contribution in [0.15, 0.2) is 0 Å². The van der Waals surface area contributed by atoms with Crippen molar-refractivity contribution < 1.29 is 80.2 Å². The molecule has 0 rings (SSSR count). The highest BCUT2D eigenvalue weighted by Gasteiger charge is 2.30. The molecule has 0 saturated carbocycles. The molecule has 0 bridgehead atoms. The molecule has 2 unspecified atom stereocenters. The molecule has 17 nitrogen and oxygen atoms in total. The first-order chi connectivity index (χ1) is 46.0. The van der Waals surface area contributed by atoms with Gasteiger partial charge in [0.2, 0.25) is 0 Å². The molecule has 19 heteroatoms. The van der Waals surface area contributed by atoms with E-state index in [4.69, 9.17) is 37.0 Å². The first-order valence-corrected chi connectivity index (χ1v) is 42.6. The van der Waals surface area contributed by atoms with Crippen molar-refractivity contribution in [3.05, 3.63) is 0 Å². The van der Waals surface area contributed by atoms with E-state index in [1.54, 1.807) is 0 Å². The molecule has 0 aliphatic rings. The third kappa shape index (κ3) is 70.3. The predicted octanol–water partition coefficient (Wildman–Crippen LogP) is 22.5. The molecule has 0 fully saturated rings. The second kappa shape index (κ2) is 69.2. The minimum Gasteiger partial charge on any atom is -0.462 e. The van der Waals surface area contributed by atoms with Gasteiger partial charge < -0.3 is 33.8 Å². The molecule has 0 aliphatic carbocycles. The Morgan fingerprint density at radius 1 is 0.284 bits per heavy atom. The van der Waals surface area contributed by atoms with E-state index in [-0.39, 0.29) is 25.7 Å². The SMILES string of the molecule is CCCCCCCCCCCCCCCCCCCCCC(=O)O[C@H](COC(=O)CCCCCCCCCCCCCCC(C)C)COP(=O)(O)OC[C@@H](O)COP(=O)(O)OC[C@@H](COC(=O)CCCCCCCCCC)OC(=O)CCCCCCCCCCCCCCC. The first kappa shape index (κ1) is 93.1. The fourth-order valence-electron chi connectivity index (χ4n) is 11.7. The molecule has 0 saturated heterocycles. The zero-order valence-electron chi connectivity index (χ0n) is 61.8. The van der Waals surface area contributed by atoms with E-state index < -0.39 is 97.5 Å². The minimum atomic E-state index is -4.96. The summed E-state index contributed by atoms with van der Waals surface area (Å²) < 4.78 is 68.5. The Morgan fingerprint density at radius 2 is 0.484 bits per heavy atom. The van der Waals surface area contributed by atoms with Gasteiger partial charge in [-0.1, -0.05) is 349 Å². The van der Waals surface area contributed by atoms with Gasteiger partial charge in [0.1, 0.15) is 19.3 Å². The minimum absolute atomic E-state index is 0.108. The van der Waals surface area contributed by atoms with Crippen LogP contribution in [0, 0.1) is 5.92 Å². The van der Waals surface area contributed by atoms with E-state index in [1.807, 2.05) is 0 Å². The molecule has 564 valence electrons. The number of carbonyl (C=O) groups excluding carboxylic acids is 4. The first-order valence-electron chi connectivity index (χ1n) is 39.6. The summed E-state index contributed by atoms with van der Waals surface area (Å²) in [6.45, 7) is 7.28. The van der Waals surface area contributed by atoms with Gasteiger partial charge in [-0.3, -0.25) is 37.3 Å². The molecule has 0 aromatic carbocycles. The van der Waals surface area contributed by atoms with Crippen LogP contribution in [0.5, 0.6) is 0 Å². The van der Waals surface area contributed by atoms with Crippen LogP contribution in [-0.2, 0) is 65.4 Å². The third-order valence-electron chi connectivity index (χ3n) is 17.8. The Morgan fingerprint density at radius 3 is 0.716 bits per heavy atom. The number of phosphoric ester groups is 2. The summed E-state index contributed by atoms with van der Waals surface area (Å²) in [5, 5.41) is 10.6. The van der Waals surface area contributed by atoms with Crippen LogP contribution in [0.3, 0.4) is 0 Å². The number of rotatable bonds is 76. The van der Waals surface area contributed by atoms with Gasteiger partial charge in [-0.25, -0.2) is 9.13 Å². The summed E-state index contributed by atoms with van der Waals surface area (Å²) in [7, 11) is -9.91. The predicted molar refractivity (Wildman–Crippen MR) is 386 cm³/mol. The van der Waals surface area contributed by atoms with Crippen molar-refractivity contribution in [2.45, 2.75) is 419 Å². The van der Waals surface area contributed by atoms with E-state index in [0.29, 0.717) is 25.7 Å². The molecule has 0 aromatic rings. The Bertz CT molecular complexity index is 1820. The number of esters is 4. The van der Waals surface area contributed by atoms with Crippen molar-refractivity contribution >= 4 is 39.5 Å². The fourth-order valence-corrected chi connectivity index (χ4v) is 13.3. The molecule has 0 heterocycles. The lowest BCUT2D eigenvalue weighted by atomic mass is 10.0. The van der Waals surface area contributed by atoms with Crippen LogP contribution >= 0.6 is 15.6 Å². The summed E-state index contributed by atoms with van der Waals surface area (Å²) in [5.41, 5.74) is 0. The Kier molecular flexibility index (Phi) is 67.7. The van der Waals surface area contributed by atoms with Gasteiger partial charge in [0, 0.05) is 25.7 Å². The van der Waals surface area contributed by atoms with Crippen LogP contribution < -0.4 is 0 Å². The van der Waals surface area contributed by atoms with Crippen molar-refractivity contribution in [2.24, 2.45) is 5.92 Å². The number of aliphatic hydroxyl groups is 1. The topological polar surface area (TPSA) is 237 Å².